The topological polar surface area (TPSA) is 54.5 Å². The Bertz CT molecular complexity index is 1070. The Morgan fingerprint density at radius 3 is 2.65 bits per heavy atom. The molecular formula is C24H26ClN3O2S. The lowest BCUT2D eigenvalue weighted by Gasteiger charge is -2.38. The van der Waals surface area contributed by atoms with Crippen LogP contribution in [0.2, 0.25) is 5.02 Å². The van der Waals surface area contributed by atoms with E-state index in [-0.39, 0.29) is 5.91 Å². The predicted molar refractivity (Wildman–Crippen MR) is 125 cm³/mol. The molecule has 5 nitrogen and oxygen atoms in total. The summed E-state index contributed by atoms with van der Waals surface area (Å²) in [6.07, 6.45) is 5.45. The predicted octanol–water partition coefficient (Wildman–Crippen LogP) is 5.42. The van der Waals surface area contributed by atoms with E-state index in [1.807, 2.05) is 30.3 Å². The van der Waals surface area contributed by atoms with Gasteiger partial charge < -0.3 is 15.0 Å². The molecular weight excluding hydrogens is 430 g/mol. The van der Waals surface area contributed by atoms with E-state index in [4.69, 9.17) is 16.3 Å². The summed E-state index contributed by atoms with van der Waals surface area (Å²) in [5, 5.41) is 5.05. The summed E-state index contributed by atoms with van der Waals surface area (Å²) >= 11 is 7.55. The molecule has 3 atom stereocenters. The second-order valence-corrected chi connectivity index (χ2v) is 9.95. The Morgan fingerprint density at radius 2 is 1.94 bits per heavy atom. The van der Waals surface area contributed by atoms with Crippen molar-refractivity contribution in [2.45, 2.75) is 57.2 Å². The summed E-state index contributed by atoms with van der Waals surface area (Å²) in [4.78, 5) is 18.5. The van der Waals surface area contributed by atoms with Crippen molar-refractivity contribution in [3.8, 4) is 10.9 Å². The van der Waals surface area contributed by atoms with Crippen molar-refractivity contribution in [2.75, 3.05) is 6.54 Å². The van der Waals surface area contributed by atoms with Crippen LogP contribution in [0, 0.1) is 0 Å². The summed E-state index contributed by atoms with van der Waals surface area (Å²) in [5.41, 5.74) is 2.18. The molecule has 2 aliphatic rings. The highest BCUT2D eigenvalue weighted by atomic mass is 35.5. The van der Waals surface area contributed by atoms with Crippen LogP contribution in [0.3, 0.4) is 0 Å². The van der Waals surface area contributed by atoms with Crippen molar-refractivity contribution < 1.29 is 9.53 Å². The first-order valence-electron chi connectivity index (χ1n) is 10.9. The highest BCUT2D eigenvalue weighted by Crippen LogP contribution is 2.36. The monoisotopic (exact) mass is 455 g/mol. The molecule has 2 fully saturated rings. The third-order valence-corrected chi connectivity index (χ3v) is 7.53. The molecule has 2 saturated heterocycles. The van der Waals surface area contributed by atoms with Gasteiger partial charge in [-0.05, 0) is 74.5 Å². The molecule has 7 heteroatoms. The Morgan fingerprint density at radius 1 is 1.19 bits per heavy atom. The summed E-state index contributed by atoms with van der Waals surface area (Å²) < 4.78 is 6.96. The fourth-order valence-electron chi connectivity index (χ4n) is 5.02. The lowest BCUT2D eigenvalue weighted by atomic mass is 9.97. The fourth-order valence-corrected chi connectivity index (χ4v) is 6.14. The second-order valence-electron chi connectivity index (χ2n) is 8.52. The average Bonchev–Trinajstić information content (AvgIpc) is 3.26. The molecule has 0 aliphatic carbocycles. The van der Waals surface area contributed by atoms with Gasteiger partial charge in [0.1, 0.15) is 5.75 Å². The minimum absolute atomic E-state index is 0.239. The van der Waals surface area contributed by atoms with Crippen molar-refractivity contribution in [1.29, 1.82) is 0 Å². The van der Waals surface area contributed by atoms with Gasteiger partial charge in [0.15, 0.2) is 0 Å². The number of carbonyl (C=O) groups is 1. The summed E-state index contributed by atoms with van der Waals surface area (Å²) in [6, 6.07) is 15.3. The number of hydrogen-bond donors (Lipinski definition) is 1. The summed E-state index contributed by atoms with van der Waals surface area (Å²) in [5.74, 6) is 1.03. The van der Waals surface area contributed by atoms with E-state index >= 15 is 0 Å². The zero-order valence-electron chi connectivity index (χ0n) is 17.5. The molecule has 5 rings (SSSR count). The molecule has 1 N–H and O–H groups in total. The minimum Gasteiger partial charge on any atom is -0.431 e. The van der Waals surface area contributed by atoms with Crippen molar-refractivity contribution >= 4 is 39.1 Å². The number of nitrogens with zero attached hydrogens (tertiary/aromatic N) is 2. The van der Waals surface area contributed by atoms with Gasteiger partial charge in [-0.1, -0.05) is 35.1 Å². The first kappa shape index (κ1) is 20.7. The van der Waals surface area contributed by atoms with Crippen LogP contribution in [-0.4, -0.2) is 40.5 Å². The van der Waals surface area contributed by atoms with Gasteiger partial charge in [0, 0.05) is 30.1 Å². The van der Waals surface area contributed by atoms with Gasteiger partial charge in [-0.3, -0.25) is 4.79 Å². The van der Waals surface area contributed by atoms with E-state index in [9.17, 15) is 4.79 Å². The number of thiazole rings is 1. The number of carbonyl (C=O) groups excluding carboxylic acids is 1. The molecule has 0 radical (unpaired) electrons. The number of amides is 1. The van der Waals surface area contributed by atoms with Crippen molar-refractivity contribution in [3.05, 3.63) is 53.1 Å². The molecule has 1 amide bonds. The molecule has 31 heavy (non-hydrogen) atoms. The quantitative estimate of drug-likeness (QED) is 0.539. The SMILES string of the molecule is CC(=O)N1[C@@H]2CC[C@H]1CC(NCCc1ccc(Oc3nc4ccc(Cl)cc4s3)cc1)C2. The Hall–Kier alpha value is -2.15. The van der Waals surface area contributed by atoms with Crippen LogP contribution in [-0.2, 0) is 11.2 Å². The number of halogens is 1. The maximum atomic E-state index is 11.9. The zero-order chi connectivity index (χ0) is 21.4. The van der Waals surface area contributed by atoms with Gasteiger partial charge >= 0.3 is 0 Å². The largest absolute Gasteiger partial charge is 0.431 e. The van der Waals surface area contributed by atoms with E-state index in [2.05, 4.69) is 27.3 Å². The standard InChI is InChI=1S/C24H26ClN3O2S/c1-15(29)28-19-5-6-20(28)14-18(13-19)26-11-10-16-2-7-21(8-3-16)30-24-27-22-9-4-17(25)12-23(22)31-24/h2-4,7-9,12,18-20,26H,5-6,10-11,13-14H2,1H3/t18?,19-,20+. The molecule has 2 bridgehead atoms. The zero-order valence-corrected chi connectivity index (χ0v) is 19.1. The van der Waals surface area contributed by atoms with Crippen LogP contribution < -0.4 is 10.1 Å². The number of hydrogen-bond acceptors (Lipinski definition) is 5. The number of piperidine rings is 1. The first-order valence-corrected chi connectivity index (χ1v) is 12.1. The second kappa shape index (κ2) is 8.77. The average molecular weight is 456 g/mol. The number of rotatable bonds is 6. The van der Waals surface area contributed by atoms with Crippen LogP contribution in [0.15, 0.2) is 42.5 Å². The Balaban J connectivity index is 1.12. The van der Waals surface area contributed by atoms with Gasteiger partial charge in [-0.25, -0.2) is 4.98 Å². The highest BCUT2D eigenvalue weighted by molar-refractivity contribution is 7.20. The summed E-state index contributed by atoms with van der Waals surface area (Å²) in [7, 11) is 0. The highest BCUT2D eigenvalue weighted by Gasteiger charge is 2.41. The lowest BCUT2D eigenvalue weighted by molar-refractivity contribution is -0.133. The van der Waals surface area contributed by atoms with Gasteiger partial charge in [0.25, 0.3) is 5.19 Å². The van der Waals surface area contributed by atoms with E-state index in [1.54, 1.807) is 6.92 Å². The Labute approximate surface area is 191 Å². The molecule has 3 heterocycles. The third kappa shape index (κ3) is 4.56. The van der Waals surface area contributed by atoms with Crippen LogP contribution in [0.4, 0.5) is 0 Å². The lowest BCUT2D eigenvalue weighted by Crippen LogP contribution is -2.51. The number of ether oxygens (including phenoxy) is 1. The van der Waals surface area contributed by atoms with Gasteiger partial charge in [0.05, 0.1) is 10.2 Å². The van der Waals surface area contributed by atoms with Gasteiger partial charge in [0.2, 0.25) is 5.91 Å². The maximum absolute atomic E-state index is 11.9. The number of fused-ring (bicyclic) bond motifs is 3. The van der Waals surface area contributed by atoms with Crippen LogP contribution >= 0.6 is 22.9 Å². The minimum atomic E-state index is 0.239. The molecule has 0 saturated carbocycles. The number of aromatic nitrogens is 1. The van der Waals surface area contributed by atoms with E-state index in [1.165, 1.54) is 16.9 Å². The molecule has 162 valence electrons. The van der Waals surface area contributed by atoms with E-state index in [0.29, 0.717) is 28.3 Å². The number of nitrogens with one attached hydrogen (secondary N) is 1. The van der Waals surface area contributed by atoms with E-state index < -0.39 is 0 Å². The Kier molecular flexibility index (Phi) is 5.87. The fraction of sp³-hybridized carbons (Fsp3) is 0.417. The molecule has 3 aromatic rings. The molecule has 1 unspecified atom stereocenters. The molecule has 1 aromatic heterocycles. The van der Waals surface area contributed by atoms with E-state index in [0.717, 1.165) is 54.6 Å². The summed E-state index contributed by atoms with van der Waals surface area (Å²) in [6.45, 7) is 2.65. The molecule has 2 aliphatic heterocycles. The third-order valence-electron chi connectivity index (χ3n) is 6.40. The van der Waals surface area contributed by atoms with Crippen LogP contribution in [0.1, 0.15) is 38.2 Å². The van der Waals surface area contributed by atoms with Crippen molar-refractivity contribution in [1.82, 2.24) is 15.2 Å². The molecule has 2 aromatic carbocycles. The van der Waals surface area contributed by atoms with Crippen LogP contribution in [0.5, 0.6) is 10.9 Å². The van der Waals surface area contributed by atoms with Crippen molar-refractivity contribution in [2.24, 2.45) is 0 Å². The van der Waals surface area contributed by atoms with Crippen LogP contribution in [0.25, 0.3) is 10.2 Å². The smallest absolute Gasteiger partial charge is 0.279 e. The number of benzene rings is 2. The van der Waals surface area contributed by atoms with Gasteiger partial charge in [-0.15, -0.1) is 0 Å². The first-order chi connectivity index (χ1) is 15.0. The normalized spacial score (nSPS) is 22.8. The maximum Gasteiger partial charge on any atom is 0.279 e. The molecule has 0 spiro atoms. The van der Waals surface area contributed by atoms with Crippen molar-refractivity contribution in [3.63, 3.8) is 0 Å². The van der Waals surface area contributed by atoms with Gasteiger partial charge in [-0.2, -0.15) is 0 Å².